The molecule has 0 aliphatic carbocycles. The summed E-state index contributed by atoms with van der Waals surface area (Å²) < 4.78 is 11.3. The Balaban J connectivity index is 5.16. The number of esters is 2. The van der Waals surface area contributed by atoms with E-state index in [1.165, 1.54) is 103 Å². The summed E-state index contributed by atoms with van der Waals surface area (Å²) in [6, 6.07) is 0. The van der Waals surface area contributed by atoms with Gasteiger partial charge in [-0.05, 0) is 25.7 Å². The second-order valence-corrected chi connectivity index (χ2v) is 13.5. The molecule has 0 aromatic heterocycles. The second-order valence-electron chi connectivity index (χ2n) is 13.5. The van der Waals surface area contributed by atoms with E-state index < -0.39 is 17.9 Å². The molecule has 0 fully saturated rings. The molecule has 2 atom stereocenters. The summed E-state index contributed by atoms with van der Waals surface area (Å²) in [7, 11) is 0. The van der Waals surface area contributed by atoms with Crippen LogP contribution in [0.1, 0.15) is 221 Å². The minimum absolute atomic E-state index is 0.0335. The van der Waals surface area contributed by atoms with Crippen LogP contribution in [0.15, 0.2) is 0 Å². The van der Waals surface area contributed by atoms with Crippen LogP contribution in [0.3, 0.4) is 0 Å². The van der Waals surface area contributed by atoms with Crippen molar-refractivity contribution in [2.45, 2.75) is 227 Å². The molecule has 0 amide bonds. The lowest BCUT2D eigenvalue weighted by molar-refractivity contribution is -0.329. The largest absolute Gasteiger partial charge is 0.398 e. The van der Waals surface area contributed by atoms with Gasteiger partial charge in [0.25, 0.3) is 0 Å². The predicted molar refractivity (Wildman–Crippen MR) is 186 cm³/mol. The van der Waals surface area contributed by atoms with Crippen LogP contribution in [-0.4, -0.2) is 23.0 Å². The SMILES string of the molecule is CCCCCCCCCC(CCCCCCC)C(=O)OC(O)(CC)OC(=O)C(CCCCCCC)CCCCCCCCC. The molecule has 0 spiro atoms. The van der Waals surface area contributed by atoms with Gasteiger partial charge in [-0.3, -0.25) is 9.59 Å². The van der Waals surface area contributed by atoms with Gasteiger partial charge in [-0.1, -0.05) is 189 Å². The van der Waals surface area contributed by atoms with Crippen molar-refractivity contribution < 1.29 is 24.2 Å². The van der Waals surface area contributed by atoms with Gasteiger partial charge in [0.2, 0.25) is 0 Å². The fourth-order valence-corrected chi connectivity index (χ4v) is 6.09. The number of ether oxygens (including phenoxy) is 2. The van der Waals surface area contributed by atoms with Gasteiger partial charge in [0.15, 0.2) is 0 Å². The maximum absolute atomic E-state index is 13.4. The summed E-state index contributed by atoms with van der Waals surface area (Å²) in [5, 5.41) is 11.2. The molecule has 44 heavy (non-hydrogen) atoms. The van der Waals surface area contributed by atoms with E-state index in [2.05, 4.69) is 27.7 Å². The number of aliphatic hydroxyl groups is 1. The number of unbranched alkanes of at least 4 members (excludes halogenated alkanes) is 20. The fourth-order valence-electron chi connectivity index (χ4n) is 6.09. The van der Waals surface area contributed by atoms with Crippen LogP contribution < -0.4 is 0 Å². The molecule has 0 rings (SSSR count). The van der Waals surface area contributed by atoms with Crippen LogP contribution in [0, 0.1) is 11.8 Å². The molecule has 0 aromatic rings. The van der Waals surface area contributed by atoms with Crippen molar-refractivity contribution in [3.8, 4) is 0 Å². The quantitative estimate of drug-likeness (QED) is 0.0447. The van der Waals surface area contributed by atoms with E-state index in [1.807, 2.05) is 0 Å². The van der Waals surface area contributed by atoms with E-state index in [-0.39, 0.29) is 18.3 Å². The van der Waals surface area contributed by atoms with Gasteiger partial charge in [-0.15, -0.1) is 0 Å². The van der Waals surface area contributed by atoms with Crippen molar-refractivity contribution >= 4 is 11.9 Å². The predicted octanol–water partition coefficient (Wildman–Crippen LogP) is 12.4. The highest BCUT2D eigenvalue weighted by molar-refractivity contribution is 5.74. The van der Waals surface area contributed by atoms with Crippen molar-refractivity contribution in [2.75, 3.05) is 0 Å². The molecule has 0 heterocycles. The molecule has 0 radical (unpaired) electrons. The van der Waals surface area contributed by atoms with Crippen molar-refractivity contribution in [3.05, 3.63) is 0 Å². The van der Waals surface area contributed by atoms with Gasteiger partial charge < -0.3 is 14.6 Å². The Kier molecular flexibility index (Phi) is 29.8. The molecule has 262 valence electrons. The van der Waals surface area contributed by atoms with Crippen molar-refractivity contribution in [2.24, 2.45) is 11.8 Å². The second kappa shape index (κ2) is 30.5. The van der Waals surface area contributed by atoms with Gasteiger partial charge >= 0.3 is 17.9 Å². The molecule has 0 bridgehead atoms. The zero-order valence-corrected chi connectivity index (χ0v) is 30.2. The van der Waals surface area contributed by atoms with Crippen LogP contribution in [0.4, 0.5) is 0 Å². The molecule has 2 unspecified atom stereocenters. The number of carbonyl (C=O) groups excluding carboxylic acids is 2. The van der Waals surface area contributed by atoms with E-state index in [4.69, 9.17) is 9.47 Å². The summed E-state index contributed by atoms with van der Waals surface area (Å²) in [6.45, 7) is 10.6. The molecular weight excluding hydrogens is 548 g/mol. The maximum atomic E-state index is 13.4. The van der Waals surface area contributed by atoms with Gasteiger partial charge in [-0.25, -0.2) is 0 Å². The van der Waals surface area contributed by atoms with Gasteiger partial charge in [-0.2, -0.15) is 0 Å². The molecule has 0 aliphatic rings. The highest BCUT2D eigenvalue weighted by atomic mass is 16.8. The summed E-state index contributed by atoms with van der Waals surface area (Å²) in [5.74, 6) is -3.52. The average Bonchev–Trinajstić information content (AvgIpc) is 3.01. The highest BCUT2D eigenvalue weighted by Crippen LogP contribution is 2.27. The van der Waals surface area contributed by atoms with Gasteiger partial charge in [0.05, 0.1) is 18.3 Å². The third kappa shape index (κ3) is 24.2. The topological polar surface area (TPSA) is 72.8 Å². The standard InChI is InChI=1S/C39H76O5/c1-6-11-15-19-21-25-29-33-35(31-27-23-17-13-8-3)37(40)43-39(42,10-5)44-38(41)36(32-28-24-18-14-9-4)34-30-26-22-20-16-12-7-2/h35-36,42H,6-34H2,1-5H3. The first-order chi connectivity index (χ1) is 21.4. The Morgan fingerprint density at radius 1 is 0.432 bits per heavy atom. The summed E-state index contributed by atoms with van der Waals surface area (Å²) in [6.07, 6.45) is 31.3. The zero-order chi connectivity index (χ0) is 32.7. The average molecular weight is 625 g/mol. The molecule has 0 aromatic carbocycles. The first-order valence-corrected chi connectivity index (χ1v) is 19.5. The van der Waals surface area contributed by atoms with E-state index >= 15 is 0 Å². The minimum atomic E-state index is -2.19. The highest BCUT2D eigenvalue weighted by Gasteiger charge is 2.38. The lowest BCUT2D eigenvalue weighted by Gasteiger charge is -2.29. The van der Waals surface area contributed by atoms with Crippen LogP contribution in [-0.2, 0) is 19.1 Å². The van der Waals surface area contributed by atoms with E-state index in [9.17, 15) is 14.7 Å². The molecule has 1 N–H and O–H groups in total. The minimum Gasteiger partial charge on any atom is -0.398 e. The lowest BCUT2D eigenvalue weighted by Crippen LogP contribution is -2.42. The molecule has 5 heteroatoms. The number of carbonyl (C=O) groups is 2. The third-order valence-electron chi connectivity index (χ3n) is 9.26. The van der Waals surface area contributed by atoms with Crippen LogP contribution in [0.25, 0.3) is 0 Å². The molecular formula is C39H76O5. The summed E-state index contributed by atoms with van der Waals surface area (Å²) in [5.41, 5.74) is 0. The number of hydrogen-bond donors (Lipinski definition) is 1. The third-order valence-corrected chi connectivity index (χ3v) is 9.26. The summed E-state index contributed by atoms with van der Waals surface area (Å²) in [4.78, 5) is 26.8. The van der Waals surface area contributed by atoms with E-state index in [0.717, 1.165) is 77.0 Å². The maximum Gasteiger partial charge on any atom is 0.372 e. The fraction of sp³-hybridized carbons (Fsp3) is 0.949. The van der Waals surface area contributed by atoms with Gasteiger partial charge in [0, 0.05) is 0 Å². The van der Waals surface area contributed by atoms with Crippen molar-refractivity contribution in [1.82, 2.24) is 0 Å². The Morgan fingerprint density at radius 3 is 0.886 bits per heavy atom. The Labute approximate surface area is 274 Å². The molecule has 0 aliphatic heterocycles. The van der Waals surface area contributed by atoms with Crippen LogP contribution >= 0.6 is 0 Å². The Hall–Kier alpha value is -1.10. The van der Waals surface area contributed by atoms with Crippen LogP contribution in [0.2, 0.25) is 0 Å². The zero-order valence-electron chi connectivity index (χ0n) is 30.2. The van der Waals surface area contributed by atoms with E-state index in [0.29, 0.717) is 0 Å². The smallest absolute Gasteiger partial charge is 0.372 e. The number of rotatable bonds is 33. The first kappa shape index (κ1) is 42.9. The Morgan fingerprint density at radius 2 is 0.659 bits per heavy atom. The first-order valence-electron chi connectivity index (χ1n) is 19.5. The van der Waals surface area contributed by atoms with Crippen molar-refractivity contribution in [3.63, 3.8) is 0 Å². The molecule has 5 nitrogen and oxygen atoms in total. The number of hydrogen-bond acceptors (Lipinski definition) is 5. The van der Waals surface area contributed by atoms with Crippen LogP contribution in [0.5, 0.6) is 0 Å². The van der Waals surface area contributed by atoms with E-state index in [1.54, 1.807) is 6.92 Å². The van der Waals surface area contributed by atoms with Gasteiger partial charge in [0.1, 0.15) is 0 Å². The van der Waals surface area contributed by atoms with Crippen molar-refractivity contribution in [1.29, 1.82) is 0 Å². The normalized spacial score (nSPS) is 14.2. The Bertz CT molecular complexity index is 598. The lowest BCUT2D eigenvalue weighted by atomic mass is 9.94. The monoisotopic (exact) mass is 625 g/mol. The molecule has 0 saturated heterocycles. The molecule has 0 saturated carbocycles. The summed E-state index contributed by atoms with van der Waals surface area (Å²) >= 11 is 0.